The maximum absolute atomic E-state index is 11.9. The van der Waals surface area contributed by atoms with Gasteiger partial charge >= 0.3 is 0 Å². The zero-order valence-corrected chi connectivity index (χ0v) is 14.0. The lowest BCUT2D eigenvalue weighted by molar-refractivity contribution is -0.118. The first kappa shape index (κ1) is 17.2. The number of halogens is 1. The Bertz CT molecular complexity index is 658. The maximum Gasteiger partial charge on any atom is 0.262 e. The summed E-state index contributed by atoms with van der Waals surface area (Å²) in [7, 11) is 0. The topological polar surface area (TPSA) is 47.6 Å². The van der Waals surface area contributed by atoms with E-state index < -0.39 is 0 Å². The zero-order valence-electron chi connectivity index (χ0n) is 13.2. The summed E-state index contributed by atoms with van der Waals surface area (Å²) in [5, 5.41) is 3.30. The summed E-state index contributed by atoms with van der Waals surface area (Å²) >= 11 is 5.87. The monoisotopic (exact) mass is 333 g/mol. The van der Waals surface area contributed by atoms with E-state index in [1.54, 1.807) is 36.4 Å². The van der Waals surface area contributed by atoms with Gasteiger partial charge in [-0.25, -0.2) is 0 Å². The first-order valence-electron chi connectivity index (χ1n) is 7.44. The van der Waals surface area contributed by atoms with Crippen molar-refractivity contribution in [1.82, 2.24) is 0 Å². The van der Waals surface area contributed by atoms with Crippen LogP contribution in [0.25, 0.3) is 0 Å². The normalized spacial score (nSPS) is 10.4. The summed E-state index contributed by atoms with van der Waals surface area (Å²) in [6.07, 6.45) is 0. The van der Waals surface area contributed by atoms with E-state index in [2.05, 4.69) is 19.2 Å². The van der Waals surface area contributed by atoms with Crippen LogP contribution in [0.2, 0.25) is 5.02 Å². The van der Waals surface area contributed by atoms with E-state index in [-0.39, 0.29) is 12.5 Å². The molecule has 0 aliphatic rings. The number of carbonyl (C=O) groups is 1. The van der Waals surface area contributed by atoms with Gasteiger partial charge in [0.2, 0.25) is 0 Å². The van der Waals surface area contributed by atoms with Crippen molar-refractivity contribution in [2.75, 3.05) is 18.5 Å². The SMILES string of the molecule is CC(C)COc1cccc(OCC(=O)Nc2cccc(Cl)c2)c1. The highest BCUT2D eigenvalue weighted by molar-refractivity contribution is 6.30. The van der Waals surface area contributed by atoms with Crippen molar-refractivity contribution in [3.8, 4) is 11.5 Å². The summed E-state index contributed by atoms with van der Waals surface area (Å²) in [6.45, 7) is 4.72. The summed E-state index contributed by atoms with van der Waals surface area (Å²) in [6, 6.07) is 14.2. The fourth-order valence-electron chi connectivity index (χ4n) is 1.83. The smallest absolute Gasteiger partial charge is 0.262 e. The molecule has 0 bridgehead atoms. The van der Waals surface area contributed by atoms with Crippen LogP contribution in [0.15, 0.2) is 48.5 Å². The van der Waals surface area contributed by atoms with Gasteiger partial charge in [-0.2, -0.15) is 0 Å². The van der Waals surface area contributed by atoms with E-state index in [0.29, 0.717) is 29.0 Å². The highest BCUT2D eigenvalue weighted by atomic mass is 35.5. The van der Waals surface area contributed by atoms with Gasteiger partial charge in [0.25, 0.3) is 5.91 Å². The molecule has 0 atom stereocenters. The molecule has 4 nitrogen and oxygen atoms in total. The Kier molecular flexibility index (Phi) is 6.29. The van der Waals surface area contributed by atoms with Gasteiger partial charge in [0.1, 0.15) is 11.5 Å². The standard InChI is InChI=1S/C18H20ClNO3/c1-13(2)11-22-16-7-4-8-17(10-16)23-12-18(21)20-15-6-3-5-14(19)9-15/h3-10,13H,11-12H2,1-2H3,(H,20,21). The predicted octanol–water partition coefficient (Wildman–Crippen LogP) is 4.39. The minimum atomic E-state index is -0.249. The summed E-state index contributed by atoms with van der Waals surface area (Å²) < 4.78 is 11.1. The molecular formula is C18H20ClNO3. The van der Waals surface area contributed by atoms with Gasteiger partial charge in [0, 0.05) is 16.8 Å². The molecule has 2 rings (SSSR count). The number of hydrogen-bond acceptors (Lipinski definition) is 3. The first-order chi connectivity index (χ1) is 11.0. The van der Waals surface area contributed by atoms with Crippen LogP contribution in [-0.4, -0.2) is 19.1 Å². The molecule has 2 aromatic rings. The molecule has 0 saturated carbocycles. The van der Waals surface area contributed by atoms with E-state index in [4.69, 9.17) is 21.1 Å². The molecule has 122 valence electrons. The molecule has 1 amide bonds. The molecule has 23 heavy (non-hydrogen) atoms. The molecule has 0 saturated heterocycles. The molecule has 5 heteroatoms. The predicted molar refractivity (Wildman–Crippen MR) is 92.4 cm³/mol. The molecule has 0 aliphatic carbocycles. The lowest BCUT2D eigenvalue weighted by atomic mass is 10.2. The minimum absolute atomic E-state index is 0.0832. The van der Waals surface area contributed by atoms with E-state index in [9.17, 15) is 4.79 Å². The average molecular weight is 334 g/mol. The number of benzene rings is 2. The third-order valence-corrected chi connectivity index (χ3v) is 3.10. The largest absolute Gasteiger partial charge is 0.493 e. The first-order valence-corrected chi connectivity index (χ1v) is 7.82. The van der Waals surface area contributed by atoms with Gasteiger partial charge in [0.15, 0.2) is 6.61 Å². The fourth-order valence-corrected chi connectivity index (χ4v) is 2.02. The zero-order chi connectivity index (χ0) is 16.7. The van der Waals surface area contributed by atoms with Crippen LogP contribution < -0.4 is 14.8 Å². The van der Waals surface area contributed by atoms with E-state index in [0.717, 1.165) is 5.75 Å². The van der Waals surface area contributed by atoms with Crippen molar-refractivity contribution in [1.29, 1.82) is 0 Å². The second-order valence-electron chi connectivity index (χ2n) is 5.53. The van der Waals surface area contributed by atoms with Crippen molar-refractivity contribution in [2.24, 2.45) is 5.92 Å². The van der Waals surface area contributed by atoms with E-state index >= 15 is 0 Å². The molecule has 0 radical (unpaired) electrons. The van der Waals surface area contributed by atoms with Crippen molar-refractivity contribution in [3.63, 3.8) is 0 Å². The average Bonchev–Trinajstić information content (AvgIpc) is 2.51. The van der Waals surface area contributed by atoms with Crippen molar-refractivity contribution < 1.29 is 14.3 Å². The maximum atomic E-state index is 11.9. The third-order valence-electron chi connectivity index (χ3n) is 2.87. The Morgan fingerprint density at radius 2 is 1.78 bits per heavy atom. The highest BCUT2D eigenvalue weighted by Gasteiger charge is 2.05. The fraction of sp³-hybridized carbons (Fsp3) is 0.278. The summed E-state index contributed by atoms with van der Waals surface area (Å²) in [5.41, 5.74) is 0.639. The van der Waals surface area contributed by atoms with Gasteiger partial charge in [-0.1, -0.05) is 37.6 Å². The number of anilines is 1. The molecular weight excluding hydrogens is 314 g/mol. The lowest BCUT2D eigenvalue weighted by Gasteiger charge is -2.11. The van der Waals surface area contributed by atoms with Crippen LogP contribution in [-0.2, 0) is 4.79 Å². The van der Waals surface area contributed by atoms with Gasteiger partial charge < -0.3 is 14.8 Å². The van der Waals surface area contributed by atoms with Crippen molar-refractivity contribution in [2.45, 2.75) is 13.8 Å². The molecule has 0 heterocycles. The van der Waals surface area contributed by atoms with Crippen LogP contribution in [0.3, 0.4) is 0 Å². The molecule has 1 N–H and O–H groups in total. The van der Waals surface area contributed by atoms with Crippen LogP contribution in [0.5, 0.6) is 11.5 Å². The van der Waals surface area contributed by atoms with E-state index in [1.807, 2.05) is 12.1 Å². The number of carbonyl (C=O) groups excluding carboxylic acids is 1. The Morgan fingerprint density at radius 1 is 1.09 bits per heavy atom. The Morgan fingerprint density at radius 3 is 2.48 bits per heavy atom. The second kappa shape index (κ2) is 8.44. The Balaban J connectivity index is 1.85. The minimum Gasteiger partial charge on any atom is -0.493 e. The van der Waals surface area contributed by atoms with Gasteiger partial charge in [-0.05, 0) is 36.2 Å². The van der Waals surface area contributed by atoms with Crippen LogP contribution in [0, 0.1) is 5.92 Å². The van der Waals surface area contributed by atoms with Crippen molar-refractivity contribution >= 4 is 23.2 Å². The number of hydrogen-bond donors (Lipinski definition) is 1. The van der Waals surface area contributed by atoms with Gasteiger partial charge in [-0.15, -0.1) is 0 Å². The second-order valence-corrected chi connectivity index (χ2v) is 5.96. The highest BCUT2D eigenvalue weighted by Crippen LogP contribution is 2.20. The lowest BCUT2D eigenvalue weighted by Crippen LogP contribution is -2.20. The molecule has 0 spiro atoms. The van der Waals surface area contributed by atoms with Gasteiger partial charge in [0.05, 0.1) is 6.61 Å². The molecule has 0 fully saturated rings. The van der Waals surface area contributed by atoms with Crippen LogP contribution >= 0.6 is 11.6 Å². The summed E-state index contributed by atoms with van der Waals surface area (Å²) in [4.78, 5) is 11.9. The van der Waals surface area contributed by atoms with Gasteiger partial charge in [-0.3, -0.25) is 4.79 Å². The van der Waals surface area contributed by atoms with Crippen LogP contribution in [0.4, 0.5) is 5.69 Å². The molecule has 0 aromatic heterocycles. The number of amides is 1. The summed E-state index contributed by atoms with van der Waals surface area (Å²) in [5.74, 6) is 1.52. The van der Waals surface area contributed by atoms with Crippen molar-refractivity contribution in [3.05, 3.63) is 53.6 Å². The molecule has 0 unspecified atom stereocenters. The number of nitrogens with one attached hydrogen (secondary N) is 1. The van der Waals surface area contributed by atoms with Crippen LogP contribution in [0.1, 0.15) is 13.8 Å². The number of ether oxygens (including phenoxy) is 2. The Labute approximate surface area is 141 Å². The number of rotatable bonds is 7. The third kappa shape index (κ3) is 6.20. The molecule has 0 aliphatic heterocycles. The van der Waals surface area contributed by atoms with E-state index in [1.165, 1.54) is 0 Å². The molecule has 2 aromatic carbocycles. The Hall–Kier alpha value is -2.20. The quantitative estimate of drug-likeness (QED) is 0.817.